The Kier molecular flexibility index (Phi) is 5.76. The Hall–Kier alpha value is -2.16. The molecule has 128 valence electrons. The van der Waals surface area contributed by atoms with Crippen molar-refractivity contribution in [3.8, 4) is 5.75 Å². The molecule has 2 aromatic rings. The standard InChI is InChI=1S/C16H19N3O3S2/c1-11(12-4-3-5-14(10-12)22-2)18-16(23)19-13-6-8-15(9-7-13)24(17,20)21/h3-11H,1-2H3,(H2,17,20,21)(H2,18,19,23). The number of hydrogen-bond acceptors (Lipinski definition) is 4. The van der Waals surface area contributed by atoms with Crippen LogP contribution in [0.25, 0.3) is 0 Å². The first-order valence-corrected chi connectivity index (χ1v) is 9.09. The average molecular weight is 365 g/mol. The molecule has 24 heavy (non-hydrogen) atoms. The van der Waals surface area contributed by atoms with Gasteiger partial charge in [0.15, 0.2) is 5.11 Å². The molecule has 0 fully saturated rings. The minimum atomic E-state index is -3.70. The number of nitrogens with two attached hydrogens (primary N) is 1. The van der Waals surface area contributed by atoms with E-state index in [1.165, 1.54) is 12.1 Å². The summed E-state index contributed by atoms with van der Waals surface area (Å²) < 4.78 is 27.7. The molecule has 0 saturated carbocycles. The van der Waals surface area contributed by atoms with E-state index in [9.17, 15) is 8.42 Å². The van der Waals surface area contributed by atoms with Crippen molar-refractivity contribution >= 4 is 33.0 Å². The summed E-state index contributed by atoms with van der Waals surface area (Å²) in [6, 6.07) is 13.7. The monoisotopic (exact) mass is 365 g/mol. The van der Waals surface area contributed by atoms with Crippen LogP contribution in [0.5, 0.6) is 5.75 Å². The molecule has 0 radical (unpaired) electrons. The van der Waals surface area contributed by atoms with Crippen LogP contribution in [0.2, 0.25) is 0 Å². The highest BCUT2D eigenvalue weighted by Gasteiger charge is 2.10. The van der Waals surface area contributed by atoms with Gasteiger partial charge in [-0.15, -0.1) is 0 Å². The molecule has 0 aliphatic carbocycles. The Labute approximate surface area is 147 Å². The molecule has 0 aliphatic heterocycles. The van der Waals surface area contributed by atoms with E-state index in [1.807, 2.05) is 31.2 Å². The molecule has 8 heteroatoms. The van der Waals surface area contributed by atoms with Crippen LogP contribution in [0.3, 0.4) is 0 Å². The second-order valence-corrected chi connectivity index (χ2v) is 7.14. The molecular weight excluding hydrogens is 346 g/mol. The molecule has 0 aromatic heterocycles. The highest BCUT2D eigenvalue weighted by atomic mass is 32.2. The largest absolute Gasteiger partial charge is 0.497 e. The number of methoxy groups -OCH3 is 1. The van der Waals surface area contributed by atoms with E-state index >= 15 is 0 Å². The number of anilines is 1. The van der Waals surface area contributed by atoms with Gasteiger partial charge in [0.25, 0.3) is 0 Å². The quantitative estimate of drug-likeness (QED) is 0.705. The number of rotatable bonds is 5. The zero-order valence-corrected chi connectivity index (χ0v) is 14.9. The molecule has 2 rings (SSSR count). The van der Waals surface area contributed by atoms with E-state index in [-0.39, 0.29) is 10.9 Å². The van der Waals surface area contributed by atoms with Crippen LogP contribution in [0.1, 0.15) is 18.5 Å². The number of hydrogen-bond donors (Lipinski definition) is 3. The predicted octanol–water partition coefficient (Wildman–Crippen LogP) is 2.39. The van der Waals surface area contributed by atoms with Gasteiger partial charge in [0.05, 0.1) is 18.0 Å². The van der Waals surface area contributed by atoms with Crippen molar-refractivity contribution in [1.29, 1.82) is 0 Å². The number of benzene rings is 2. The Morgan fingerprint density at radius 1 is 1.21 bits per heavy atom. The third kappa shape index (κ3) is 4.92. The molecule has 0 aliphatic rings. The van der Waals surface area contributed by atoms with Crippen molar-refractivity contribution in [2.24, 2.45) is 5.14 Å². The average Bonchev–Trinajstić information content (AvgIpc) is 2.54. The van der Waals surface area contributed by atoms with Crippen LogP contribution in [-0.4, -0.2) is 20.6 Å². The van der Waals surface area contributed by atoms with Crippen LogP contribution in [0.4, 0.5) is 5.69 Å². The van der Waals surface area contributed by atoms with E-state index in [2.05, 4.69) is 10.6 Å². The molecule has 0 spiro atoms. The van der Waals surface area contributed by atoms with Gasteiger partial charge in [-0.2, -0.15) is 0 Å². The van der Waals surface area contributed by atoms with Gasteiger partial charge in [-0.3, -0.25) is 0 Å². The highest BCUT2D eigenvalue weighted by molar-refractivity contribution is 7.89. The summed E-state index contributed by atoms with van der Waals surface area (Å²) in [6.07, 6.45) is 0. The first-order chi connectivity index (χ1) is 11.3. The fraction of sp³-hybridized carbons (Fsp3) is 0.188. The van der Waals surface area contributed by atoms with E-state index in [0.717, 1.165) is 11.3 Å². The molecule has 0 amide bonds. The molecule has 0 heterocycles. The maximum Gasteiger partial charge on any atom is 0.238 e. The Bertz CT molecular complexity index is 821. The van der Waals surface area contributed by atoms with Gasteiger partial charge in [0.1, 0.15) is 5.75 Å². The lowest BCUT2D eigenvalue weighted by Gasteiger charge is -2.18. The van der Waals surface area contributed by atoms with Crippen LogP contribution < -0.4 is 20.5 Å². The fourth-order valence-corrected chi connectivity index (χ4v) is 2.90. The first kappa shape index (κ1) is 18.2. The normalized spacial score (nSPS) is 12.3. The van der Waals surface area contributed by atoms with Gasteiger partial charge in [0.2, 0.25) is 10.0 Å². The molecule has 4 N–H and O–H groups in total. The van der Waals surface area contributed by atoms with Gasteiger partial charge in [-0.05, 0) is 61.1 Å². The summed E-state index contributed by atoms with van der Waals surface area (Å²) in [5.74, 6) is 0.776. The van der Waals surface area contributed by atoms with Crippen LogP contribution in [-0.2, 0) is 10.0 Å². The van der Waals surface area contributed by atoms with Crippen molar-refractivity contribution in [2.45, 2.75) is 17.9 Å². The lowest BCUT2D eigenvalue weighted by molar-refractivity contribution is 0.413. The first-order valence-electron chi connectivity index (χ1n) is 7.14. The smallest absolute Gasteiger partial charge is 0.238 e. The van der Waals surface area contributed by atoms with Crippen molar-refractivity contribution in [1.82, 2.24) is 5.32 Å². The summed E-state index contributed by atoms with van der Waals surface area (Å²) in [6.45, 7) is 1.98. The summed E-state index contributed by atoms with van der Waals surface area (Å²) in [4.78, 5) is 0.0525. The molecule has 1 unspecified atom stereocenters. The number of sulfonamides is 1. The Morgan fingerprint density at radius 2 is 1.88 bits per heavy atom. The zero-order valence-electron chi connectivity index (χ0n) is 13.3. The molecular formula is C16H19N3O3S2. The van der Waals surface area contributed by atoms with E-state index in [0.29, 0.717) is 10.8 Å². The molecule has 2 aromatic carbocycles. The van der Waals surface area contributed by atoms with E-state index < -0.39 is 10.0 Å². The Balaban J connectivity index is 1.99. The molecule has 1 atom stereocenters. The van der Waals surface area contributed by atoms with Crippen molar-refractivity contribution < 1.29 is 13.2 Å². The van der Waals surface area contributed by atoms with Crippen LogP contribution in [0.15, 0.2) is 53.4 Å². The number of thiocarbonyl (C=S) groups is 1. The second kappa shape index (κ2) is 7.61. The fourth-order valence-electron chi connectivity index (χ4n) is 2.09. The maximum absolute atomic E-state index is 11.2. The molecule has 6 nitrogen and oxygen atoms in total. The van der Waals surface area contributed by atoms with Gasteiger partial charge >= 0.3 is 0 Å². The summed E-state index contributed by atoms with van der Waals surface area (Å²) in [5, 5.41) is 11.7. The van der Waals surface area contributed by atoms with Crippen molar-refractivity contribution in [3.05, 3.63) is 54.1 Å². The number of ether oxygens (including phenoxy) is 1. The molecule has 0 bridgehead atoms. The zero-order chi connectivity index (χ0) is 17.7. The third-order valence-corrected chi connectivity index (χ3v) is 4.53. The van der Waals surface area contributed by atoms with Crippen LogP contribution >= 0.6 is 12.2 Å². The summed E-state index contributed by atoms with van der Waals surface area (Å²) >= 11 is 5.28. The van der Waals surface area contributed by atoms with Gasteiger partial charge < -0.3 is 15.4 Å². The topological polar surface area (TPSA) is 93.4 Å². The minimum absolute atomic E-state index is 0.0243. The van der Waals surface area contributed by atoms with Crippen molar-refractivity contribution in [3.63, 3.8) is 0 Å². The molecule has 0 saturated heterocycles. The third-order valence-electron chi connectivity index (χ3n) is 3.38. The van der Waals surface area contributed by atoms with Crippen LogP contribution in [0, 0.1) is 0 Å². The number of primary sulfonamides is 1. The van der Waals surface area contributed by atoms with E-state index in [1.54, 1.807) is 19.2 Å². The van der Waals surface area contributed by atoms with E-state index in [4.69, 9.17) is 22.1 Å². The maximum atomic E-state index is 11.2. The lowest BCUT2D eigenvalue weighted by atomic mass is 10.1. The SMILES string of the molecule is COc1cccc(C(C)NC(=S)Nc2ccc(S(N)(=O)=O)cc2)c1. The summed E-state index contributed by atoms with van der Waals surface area (Å²) in [5.41, 5.74) is 1.70. The minimum Gasteiger partial charge on any atom is -0.497 e. The predicted molar refractivity (Wildman–Crippen MR) is 98.6 cm³/mol. The second-order valence-electron chi connectivity index (χ2n) is 5.17. The van der Waals surface area contributed by atoms with Gasteiger partial charge in [0, 0.05) is 5.69 Å². The number of nitrogens with one attached hydrogen (secondary N) is 2. The summed E-state index contributed by atoms with van der Waals surface area (Å²) in [7, 11) is -2.08. The van der Waals surface area contributed by atoms with Gasteiger partial charge in [-0.1, -0.05) is 12.1 Å². The Morgan fingerprint density at radius 3 is 2.46 bits per heavy atom. The highest BCUT2D eigenvalue weighted by Crippen LogP contribution is 2.19. The van der Waals surface area contributed by atoms with Crippen molar-refractivity contribution in [2.75, 3.05) is 12.4 Å². The van der Waals surface area contributed by atoms with Gasteiger partial charge in [-0.25, -0.2) is 13.6 Å². The lowest BCUT2D eigenvalue weighted by Crippen LogP contribution is -2.30.